The molecule has 8 heteroatoms. The smallest absolute Gasteiger partial charge is 0.264 e. The number of carbonyl (C=O) groups is 2. The maximum absolute atomic E-state index is 13.0. The number of hydrogen-bond acceptors (Lipinski definition) is 5. The van der Waals surface area contributed by atoms with Crippen LogP contribution in [-0.4, -0.2) is 34.3 Å². The molecule has 0 fully saturated rings. The molecule has 3 aromatic rings. The number of nitrogens with one attached hydrogen (secondary N) is 1. The Morgan fingerprint density at radius 3 is 2.28 bits per heavy atom. The number of aldehydes is 1. The van der Waals surface area contributed by atoms with Crippen LogP contribution in [0.1, 0.15) is 21.5 Å². The summed E-state index contributed by atoms with van der Waals surface area (Å²) < 4.78 is 32.8. The van der Waals surface area contributed by atoms with Crippen LogP contribution in [0.15, 0.2) is 71.6 Å². The van der Waals surface area contributed by atoms with Gasteiger partial charge in [0.25, 0.3) is 15.9 Å². The van der Waals surface area contributed by atoms with Crippen molar-refractivity contribution in [2.75, 3.05) is 23.3 Å². The first-order chi connectivity index (χ1) is 15.2. The molecule has 0 saturated carbocycles. The maximum Gasteiger partial charge on any atom is 0.264 e. The Balaban J connectivity index is 1.71. The Morgan fingerprint density at radius 1 is 1.00 bits per heavy atom. The molecule has 0 aliphatic carbocycles. The van der Waals surface area contributed by atoms with Crippen LogP contribution in [-0.2, 0) is 14.8 Å². The number of amides is 1. The van der Waals surface area contributed by atoms with Crippen LogP contribution in [0.2, 0.25) is 0 Å². The van der Waals surface area contributed by atoms with Gasteiger partial charge in [0, 0.05) is 18.3 Å². The maximum atomic E-state index is 13.0. The Morgan fingerprint density at radius 2 is 1.66 bits per heavy atom. The summed E-state index contributed by atoms with van der Waals surface area (Å²) in [6, 6.07) is 18.1. The van der Waals surface area contributed by atoms with Crippen LogP contribution in [0.25, 0.3) is 0 Å². The molecule has 0 saturated heterocycles. The molecule has 0 atom stereocenters. The highest BCUT2D eigenvalue weighted by Crippen LogP contribution is 2.25. The second kappa shape index (κ2) is 9.65. The van der Waals surface area contributed by atoms with E-state index in [0.717, 1.165) is 17.4 Å². The van der Waals surface area contributed by atoms with E-state index >= 15 is 0 Å². The van der Waals surface area contributed by atoms with Crippen molar-refractivity contribution in [3.05, 3.63) is 83.4 Å². The van der Waals surface area contributed by atoms with Gasteiger partial charge in [-0.1, -0.05) is 24.3 Å². The molecule has 1 N–H and O–H groups in total. The molecule has 7 nitrogen and oxygen atoms in total. The van der Waals surface area contributed by atoms with Gasteiger partial charge < -0.3 is 10.1 Å². The lowest BCUT2D eigenvalue weighted by molar-refractivity contribution is -0.118. The first kappa shape index (κ1) is 23.0. The summed E-state index contributed by atoms with van der Waals surface area (Å²) in [6.07, 6.45) is 0.757. The molecule has 0 heterocycles. The van der Waals surface area contributed by atoms with Crippen molar-refractivity contribution in [1.29, 1.82) is 0 Å². The predicted molar refractivity (Wildman–Crippen MR) is 124 cm³/mol. The van der Waals surface area contributed by atoms with Gasteiger partial charge in [-0.15, -0.1) is 0 Å². The van der Waals surface area contributed by atoms with Gasteiger partial charge >= 0.3 is 0 Å². The summed E-state index contributed by atoms with van der Waals surface area (Å²) >= 11 is 0. The third-order valence-corrected chi connectivity index (χ3v) is 6.64. The van der Waals surface area contributed by atoms with E-state index in [4.69, 9.17) is 4.74 Å². The molecular weight excluding hydrogens is 428 g/mol. The standard InChI is InChI=1S/C24H24N2O5S/c1-17-12-19(15-27)13-18(2)24(17)31-16-23(28)25-20-8-7-11-22(14-20)32(29,30)26(3)21-9-5-4-6-10-21/h4-15H,16H2,1-3H3,(H,25,28). The highest BCUT2D eigenvalue weighted by molar-refractivity contribution is 7.92. The monoisotopic (exact) mass is 452 g/mol. The topological polar surface area (TPSA) is 92.8 Å². The van der Waals surface area contributed by atoms with Gasteiger partial charge in [-0.05, 0) is 67.4 Å². The summed E-state index contributed by atoms with van der Waals surface area (Å²) in [7, 11) is -2.32. The fourth-order valence-corrected chi connectivity index (χ4v) is 4.53. The van der Waals surface area contributed by atoms with E-state index in [1.54, 1.807) is 62.4 Å². The van der Waals surface area contributed by atoms with Crippen molar-refractivity contribution in [3.63, 3.8) is 0 Å². The normalized spacial score (nSPS) is 11.0. The third-order valence-electron chi connectivity index (χ3n) is 4.86. The third kappa shape index (κ3) is 5.15. The molecular formula is C24H24N2O5S. The minimum Gasteiger partial charge on any atom is -0.483 e. The summed E-state index contributed by atoms with van der Waals surface area (Å²) in [5.74, 6) is 0.0980. The molecule has 0 bridgehead atoms. The molecule has 0 aliphatic heterocycles. The van der Waals surface area contributed by atoms with E-state index in [-0.39, 0.29) is 11.5 Å². The Kier molecular flexibility index (Phi) is 6.95. The van der Waals surface area contributed by atoms with Gasteiger partial charge in [0.2, 0.25) is 0 Å². The van der Waals surface area contributed by atoms with Gasteiger partial charge in [0.15, 0.2) is 6.61 Å². The molecule has 3 rings (SSSR count). The van der Waals surface area contributed by atoms with Gasteiger partial charge in [-0.2, -0.15) is 0 Å². The first-order valence-electron chi connectivity index (χ1n) is 9.85. The largest absolute Gasteiger partial charge is 0.483 e. The molecule has 32 heavy (non-hydrogen) atoms. The molecule has 1 amide bonds. The summed E-state index contributed by atoms with van der Waals surface area (Å²) in [4.78, 5) is 23.4. The van der Waals surface area contributed by atoms with Crippen LogP contribution < -0.4 is 14.4 Å². The zero-order chi connectivity index (χ0) is 23.3. The number of carbonyl (C=O) groups excluding carboxylic acids is 2. The summed E-state index contributed by atoms with van der Waals surface area (Å²) in [5.41, 5.74) is 2.90. The number of rotatable bonds is 8. The Labute approximate surface area is 187 Å². The fourth-order valence-electron chi connectivity index (χ4n) is 3.28. The highest BCUT2D eigenvalue weighted by Gasteiger charge is 2.21. The van der Waals surface area contributed by atoms with Crippen molar-refractivity contribution in [2.24, 2.45) is 0 Å². The average molecular weight is 453 g/mol. The number of sulfonamides is 1. The van der Waals surface area contributed by atoms with Crippen molar-refractivity contribution < 1.29 is 22.7 Å². The first-order valence-corrected chi connectivity index (χ1v) is 11.3. The van der Waals surface area contributed by atoms with E-state index in [0.29, 0.717) is 22.7 Å². The number of anilines is 2. The van der Waals surface area contributed by atoms with Crippen LogP contribution in [0.5, 0.6) is 5.75 Å². The number of benzene rings is 3. The number of hydrogen-bond donors (Lipinski definition) is 1. The SMILES string of the molecule is Cc1cc(C=O)cc(C)c1OCC(=O)Nc1cccc(S(=O)(=O)N(C)c2ccccc2)c1. The Hall–Kier alpha value is -3.65. The number of nitrogens with zero attached hydrogens (tertiary/aromatic N) is 1. The number of aryl methyl sites for hydroxylation is 2. The quantitative estimate of drug-likeness (QED) is 0.522. The zero-order valence-electron chi connectivity index (χ0n) is 18.0. The lowest BCUT2D eigenvalue weighted by Gasteiger charge is -2.20. The molecule has 0 aliphatic rings. The molecule has 166 valence electrons. The van der Waals surface area contributed by atoms with E-state index in [1.165, 1.54) is 23.5 Å². The molecule has 0 spiro atoms. The molecule has 0 radical (unpaired) electrons. The predicted octanol–water partition coefficient (Wildman–Crippen LogP) is 3.96. The second-order valence-corrected chi connectivity index (χ2v) is 9.24. The Bertz CT molecular complexity index is 1220. The van der Waals surface area contributed by atoms with Gasteiger partial charge in [0.05, 0.1) is 10.6 Å². The van der Waals surface area contributed by atoms with E-state index in [9.17, 15) is 18.0 Å². The van der Waals surface area contributed by atoms with Crippen LogP contribution >= 0.6 is 0 Å². The molecule has 0 aromatic heterocycles. The van der Waals surface area contributed by atoms with Crippen LogP contribution in [0.3, 0.4) is 0 Å². The van der Waals surface area contributed by atoms with Crippen molar-refractivity contribution >= 4 is 33.6 Å². The average Bonchev–Trinajstić information content (AvgIpc) is 2.78. The number of para-hydroxylation sites is 1. The summed E-state index contributed by atoms with van der Waals surface area (Å²) in [5, 5.41) is 2.66. The lowest BCUT2D eigenvalue weighted by Crippen LogP contribution is -2.26. The molecule has 0 unspecified atom stereocenters. The summed E-state index contributed by atoms with van der Waals surface area (Å²) in [6.45, 7) is 3.33. The van der Waals surface area contributed by atoms with Crippen LogP contribution in [0, 0.1) is 13.8 Å². The van der Waals surface area contributed by atoms with E-state index in [2.05, 4.69) is 5.32 Å². The number of ether oxygens (including phenoxy) is 1. The highest BCUT2D eigenvalue weighted by atomic mass is 32.2. The minimum absolute atomic E-state index is 0.0544. The van der Waals surface area contributed by atoms with Gasteiger partial charge in [-0.25, -0.2) is 8.42 Å². The van der Waals surface area contributed by atoms with Crippen molar-refractivity contribution in [3.8, 4) is 5.75 Å². The van der Waals surface area contributed by atoms with Crippen molar-refractivity contribution in [1.82, 2.24) is 0 Å². The van der Waals surface area contributed by atoms with Gasteiger partial charge in [-0.3, -0.25) is 13.9 Å². The minimum atomic E-state index is -3.80. The lowest BCUT2D eigenvalue weighted by atomic mass is 10.1. The fraction of sp³-hybridized carbons (Fsp3) is 0.167. The van der Waals surface area contributed by atoms with Gasteiger partial charge in [0.1, 0.15) is 12.0 Å². The molecule has 3 aromatic carbocycles. The van der Waals surface area contributed by atoms with Crippen LogP contribution in [0.4, 0.5) is 11.4 Å². The zero-order valence-corrected chi connectivity index (χ0v) is 18.8. The van der Waals surface area contributed by atoms with E-state index < -0.39 is 15.9 Å². The van der Waals surface area contributed by atoms with E-state index in [1.807, 2.05) is 6.07 Å². The second-order valence-electron chi connectivity index (χ2n) is 7.27. The van der Waals surface area contributed by atoms with Crippen molar-refractivity contribution in [2.45, 2.75) is 18.7 Å².